The number of amides is 2. The number of nitrogens with zero attached hydrogens (tertiary/aromatic N) is 2. The summed E-state index contributed by atoms with van der Waals surface area (Å²) in [7, 11) is 0. The van der Waals surface area contributed by atoms with Crippen molar-refractivity contribution in [1.82, 2.24) is 9.80 Å². The van der Waals surface area contributed by atoms with E-state index in [0.29, 0.717) is 32.8 Å². The van der Waals surface area contributed by atoms with Crippen LogP contribution in [0.15, 0.2) is 36.9 Å². The van der Waals surface area contributed by atoms with E-state index >= 15 is 0 Å². The van der Waals surface area contributed by atoms with E-state index in [2.05, 4.69) is 6.58 Å². The van der Waals surface area contributed by atoms with Crippen LogP contribution in [-0.2, 0) is 9.53 Å². The summed E-state index contributed by atoms with van der Waals surface area (Å²) < 4.78 is 11.2. The summed E-state index contributed by atoms with van der Waals surface area (Å²) in [5.74, 6) is 0.801. The molecule has 1 fully saturated rings. The Bertz CT molecular complexity index is 661. The van der Waals surface area contributed by atoms with Crippen molar-refractivity contribution in [3.63, 3.8) is 0 Å². The van der Waals surface area contributed by atoms with Crippen molar-refractivity contribution in [1.29, 1.82) is 0 Å². The minimum Gasteiger partial charge on any atom is -0.493 e. The average molecular weight is 344 g/mol. The van der Waals surface area contributed by atoms with E-state index < -0.39 is 0 Å². The zero-order valence-electron chi connectivity index (χ0n) is 14.5. The number of ether oxygens (including phenoxy) is 2. The van der Waals surface area contributed by atoms with Crippen LogP contribution >= 0.6 is 0 Å². The van der Waals surface area contributed by atoms with Gasteiger partial charge in [0.05, 0.1) is 19.3 Å². The maximum atomic E-state index is 12.6. The molecule has 3 rings (SSSR count). The molecule has 1 aromatic rings. The quantitative estimate of drug-likeness (QED) is 0.791. The van der Waals surface area contributed by atoms with E-state index in [-0.39, 0.29) is 30.4 Å². The molecule has 0 aliphatic carbocycles. The van der Waals surface area contributed by atoms with Crippen LogP contribution in [0.1, 0.15) is 24.9 Å². The molecule has 0 N–H and O–H groups in total. The summed E-state index contributed by atoms with van der Waals surface area (Å²) >= 11 is 0. The van der Waals surface area contributed by atoms with Crippen molar-refractivity contribution in [2.75, 3.05) is 32.8 Å². The Hall–Kier alpha value is -2.50. The Kier molecular flexibility index (Phi) is 5.26. The lowest BCUT2D eigenvalue weighted by atomic mass is 9.88. The van der Waals surface area contributed by atoms with Gasteiger partial charge in [-0.3, -0.25) is 4.79 Å². The number of rotatable bonds is 3. The summed E-state index contributed by atoms with van der Waals surface area (Å²) in [4.78, 5) is 28.5. The van der Waals surface area contributed by atoms with Gasteiger partial charge in [-0.15, -0.1) is 6.58 Å². The van der Waals surface area contributed by atoms with Gasteiger partial charge in [-0.05, 0) is 13.0 Å². The van der Waals surface area contributed by atoms with Crippen molar-refractivity contribution in [2.45, 2.75) is 19.4 Å². The fourth-order valence-electron chi connectivity index (χ4n) is 3.61. The Morgan fingerprint density at radius 1 is 1.44 bits per heavy atom. The number of para-hydroxylation sites is 1. The topological polar surface area (TPSA) is 59.1 Å². The van der Waals surface area contributed by atoms with Gasteiger partial charge >= 0.3 is 6.09 Å². The highest BCUT2D eigenvalue weighted by atomic mass is 16.6. The summed E-state index contributed by atoms with van der Waals surface area (Å²) in [6.07, 6.45) is 1.63. The molecule has 0 spiro atoms. The molecule has 6 nitrogen and oxygen atoms in total. The first-order chi connectivity index (χ1) is 12.2. The van der Waals surface area contributed by atoms with Crippen LogP contribution in [0.2, 0.25) is 0 Å². The summed E-state index contributed by atoms with van der Waals surface area (Å²) in [6, 6.07) is 7.60. The van der Waals surface area contributed by atoms with Crippen LogP contribution in [0.4, 0.5) is 4.79 Å². The highest BCUT2D eigenvalue weighted by Crippen LogP contribution is 2.40. The maximum absolute atomic E-state index is 12.6. The molecule has 0 bridgehead atoms. The predicted octanol–water partition coefficient (Wildman–Crippen LogP) is 2.61. The fraction of sp³-hybridized carbons (Fsp3) is 0.474. The second-order valence-corrected chi connectivity index (χ2v) is 6.28. The summed E-state index contributed by atoms with van der Waals surface area (Å²) in [6.45, 7) is 7.66. The van der Waals surface area contributed by atoms with Crippen LogP contribution < -0.4 is 4.74 Å². The standard InChI is InChI=1S/C19H24N2O4/c1-3-10-20-12-14-13-25-16-8-6-5-7-15(16)18(14)21(11-9-17(20)22)19(23)24-4-2/h3,5-8,14,18H,1,4,9-13H2,2H3/t14-,18-/m0/s1. The van der Waals surface area contributed by atoms with Gasteiger partial charge in [0.25, 0.3) is 0 Å². The van der Waals surface area contributed by atoms with Crippen LogP contribution in [0.5, 0.6) is 5.75 Å². The van der Waals surface area contributed by atoms with E-state index in [1.165, 1.54) is 0 Å². The number of carbonyl (C=O) groups is 2. The summed E-state index contributed by atoms with van der Waals surface area (Å²) in [5.41, 5.74) is 0.972. The van der Waals surface area contributed by atoms with Crippen LogP contribution in [0, 0.1) is 5.92 Å². The summed E-state index contributed by atoms with van der Waals surface area (Å²) in [5, 5.41) is 0. The Labute approximate surface area is 148 Å². The average Bonchev–Trinajstić information content (AvgIpc) is 2.61. The lowest BCUT2D eigenvalue weighted by Crippen LogP contribution is -2.51. The highest BCUT2D eigenvalue weighted by molar-refractivity contribution is 5.78. The molecule has 0 aromatic heterocycles. The Morgan fingerprint density at radius 3 is 3.00 bits per heavy atom. The highest BCUT2D eigenvalue weighted by Gasteiger charge is 2.41. The largest absolute Gasteiger partial charge is 0.493 e. The van der Waals surface area contributed by atoms with E-state index in [9.17, 15) is 9.59 Å². The van der Waals surface area contributed by atoms with Crippen LogP contribution in [0.3, 0.4) is 0 Å². The molecular formula is C19H24N2O4. The van der Waals surface area contributed by atoms with Crippen molar-refractivity contribution in [3.8, 4) is 5.75 Å². The van der Waals surface area contributed by atoms with Crippen LogP contribution in [0.25, 0.3) is 0 Å². The Morgan fingerprint density at radius 2 is 2.24 bits per heavy atom. The van der Waals surface area contributed by atoms with Gasteiger partial charge in [-0.2, -0.15) is 0 Å². The first kappa shape index (κ1) is 17.3. The van der Waals surface area contributed by atoms with Gasteiger partial charge in [0.1, 0.15) is 5.75 Å². The number of carbonyl (C=O) groups excluding carboxylic acids is 2. The zero-order valence-corrected chi connectivity index (χ0v) is 14.5. The van der Waals surface area contributed by atoms with E-state index in [1.807, 2.05) is 24.3 Å². The molecule has 0 radical (unpaired) electrons. The van der Waals surface area contributed by atoms with E-state index in [0.717, 1.165) is 11.3 Å². The molecule has 2 aliphatic rings. The predicted molar refractivity (Wildman–Crippen MR) is 93.3 cm³/mol. The molecule has 2 amide bonds. The minimum atomic E-state index is -0.376. The second kappa shape index (κ2) is 7.59. The molecule has 25 heavy (non-hydrogen) atoms. The van der Waals surface area contributed by atoms with Gasteiger partial charge < -0.3 is 19.3 Å². The van der Waals surface area contributed by atoms with Crippen molar-refractivity contribution >= 4 is 12.0 Å². The number of fused-ring (bicyclic) bond motifs is 3. The zero-order chi connectivity index (χ0) is 17.8. The van der Waals surface area contributed by atoms with Gasteiger partial charge in [-0.25, -0.2) is 4.79 Å². The molecule has 2 aliphatic heterocycles. The monoisotopic (exact) mass is 344 g/mol. The van der Waals surface area contributed by atoms with Gasteiger partial charge in [-0.1, -0.05) is 24.3 Å². The lowest BCUT2D eigenvalue weighted by Gasteiger charge is -2.43. The van der Waals surface area contributed by atoms with E-state index in [4.69, 9.17) is 9.47 Å². The third kappa shape index (κ3) is 3.48. The molecule has 0 unspecified atom stereocenters. The van der Waals surface area contributed by atoms with Gasteiger partial charge in [0.2, 0.25) is 5.91 Å². The molecule has 0 saturated carbocycles. The second-order valence-electron chi connectivity index (χ2n) is 6.28. The van der Waals surface area contributed by atoms with E-state index in [1.54, 1.807) is 22.8 Å². The molecular weight excluding hydrogens is 320 g/mol. The molecule has 2 heterocycles. The van der Waals surface area contributed by atoms with Gasteiger partial charge in [0, 0.05) is 37.5 Å². The molecule has 1 aromatic carbocycles. The fourth-order valence-corrected chi connectivity index (χ4v) is 3.61. The first-order valence-corrected chi connectivity index (χ1v) is 8.69. The number of benzene rings is 1. The van der Waals surface area contributed by atoms with Crippen molar-refractivity contribution in [2.24, 2.45) is 5.92 Å². The number of hydrogen-bond acceptors (Lipinski definition) is 4. The molecule has 6 heteroatoms. The molecule has 134 valence electrons. The first-order valence-electron chi connectivity index (χ1n) is 8.69. The number of hydrogen-bond donors (Lipinski definition) is 0. The Balaban J connectivity index is 1.98. The normalized spacial score (nSPS) is 22.8. The maximum Gasteiger partial charge on any atom is 0.410 e. The van der Waals surface area contributed by atoms with Gasteiger partial charge in [0.15, 0.2) is 0 Å². The smallest absolute Gasteiger partial charge is 0.410 e. The SMILES string of the molecule is C=CCN1C[C@H]2COc3ccccc3[C@H]2N(C(=O)OCC)CCC1=O. The molecule has 1 saturated heterocycles. The van der Waals surface area contributed by atoms with Crippen molar-refractivity contribution < 1.29 is 19.1 Å². The third-order valence-electron chi connectivity index (χ3n) is 4.70. The van der Waals surface area contributed by atoms with Crippen molar-refractivity contribution in [3.05, 3.63) is 42.5 Å². The minimum absolute atomic E-state index is 0.0106. The van der Waals surface area contributed by atoms with Crippen LogP contribution in [-0.4, -0.2) is 54.6 Å². The third-order valence-corrected chi connectivity index (χ3v) is 4.70. The molecule has 2 atom stereocenters. The lowest BCUT2D eigenvalue weighted by molar-refractivity contribution is -0.133.